The normalized spacial score (nSPS) is 15.7. The molecule has 1 amide bonds. The molecule has 0 bridgehead atoms. The van der Waals surface area contributed by atoms with Gasteiger partial charge in [0.15, 0.2) is 0 Å². The molecule has 0 atom stereocenters. The number of aryl methyl sites for hydroxylation is 2. The summed E-state index contributed by atoms with van der Waals surface area (Å²) in [5.74, 6) is 0.971. The van der Waals surface area contributed by atoms with Gasteiger partial charge in [0.2, 0.25) is 5.91 Å². The Morgan fingerprint density at radius 3 is 2.23 bits per heavy atom. The van der Waals surface area contributed by atoms with E-state index in [1.807, 2.05) is 57.2 Å². The lowest BCUT2D eigenvalue weighted by atomic mass is 9.78. The molecule has 1 saturated carbocycles. The number of ether oxygens (including phenoxy) is 1. The molecule has 26 heavy (non-hydrogen) atoms. The summed E-state index contributed by atoms with van der Waals surface area (Å²) < 4.78 is 5.70. The van der Waals surface area contributed by atoms with Crippen LogP contribution in [-0.2, 0) is 10.2 Å². The number of nitrogens with one attached hydrogen (secondary N) is 1. The van der Waals surface area contributed by atoms with Crippen molar-refractivity contribution in [2.45, 2.75) is 51.9 Å². The van der Waals surface area contributed by atoms with E-state index >= 15 is 0 Å². The second-order valence-corrected chi connectivity index (χ2v) is 7.56. The van der Waals surface area contributed by atoms with Gasteiger partial charge in [-0.3, -0.25) is 4.79 Å². The van der Waals surface area contributed by atoms with Gasteiger partial charge in [0.25, 0.3) is 0 Å². The molecule has 4 heteroatoms. The third-order valence-corrected chi connectivity index (χ3v) is 5.55. The van der Waals surface area contributed by atoms with Crippen molar-refractivity contribution in [3.05, 3.63) is 58.1 Å². The third kappa shape index (κ3) is 3.59. The van der Waals surface area contributed by atoms with Crippen molar-refractivity contribution in [3.8, 4) is 5.75 Å². The molecule has 1 aliphatic rings. The lowest BCUT2D eigenvalue weighted by Crippen LogP contribution is -2.38. The molecule has 1 N–H and O–H groups in total. The number of halogens is 1. The molecule has 0 saturated heterocycles. The number of rotatable bonds is 5. The number of amides is 1. The van der Waals surface area contributed by atoms with Crippen LogP contribution in [0.15, 0.2) is 36.4 Å². The fourth-order valence-corrected chi connectivity index (χ4v) is 4.17. The van der Waals surface area contributed by atoms with Crippen LogP contribution in [-0.4, -0.2) is 12.5 Å². The minimum Gasteiger partial charge on any atom is -0.493 e. The molecule has 138 valence electrons. The first-order valence-corrected chi connectivity index (χ1v) is 9.65. The summed E-state index contributed by atoms with van der Waals surface area (Å²) in [7, 11) is 0. The molecular formula is C22H26ClNO2. The van der Waals surface area contributed by atoms with Gasteiger partial charge >= 0.3 is 0 Å². The molecule has 2 aromatic carbocycles. The average molecular weight is 372 g/mol. The van der Waals surface area contributed by atoms with Gasteiger partial charge in [-0.25, -0.2) is 0 Å². The van der Waals surface area contributed by atoms with Crippen LogP contribution in [0.3, 0.4) is 0 Å². The quantitative estimate of drug-likeness (QED) is 0.720. The molecule has 0 unspecified atom stereocenters. The molecule has 0 heterocycles. The third-order valence-electron chi connectivity index (χ3n) is 5.30. The van der Waals surface area contributed by atoms with Crippen molar-refractivity contribution in [3.63, 3.8) is 0 Å². The van der Waals surface area contributed by atoms with E-state index in [0.29, 0.717) is 11.6 Å². The van der Waals surface area contributed by atoms with E-state index in [-0.39, 0.29) is 5.91 Å². The first kappa shape index (κ1) is 18.8. The highest BCUT2D eigenvalue weighted by Crippen LogP contribution is 2.42. The lowest BCUT2D eigenvalue weighted by Gasteiger charge is -2.28. The van der Waals surface area contributed by atoms with Crippen LogP contribution in [0.2, 0.25) is 5.02 Å². The fourth-order valence-electron chi connectivity index (χ4n) is 4.04. The number of benzene rings is 2. The van der Waals surface area contributed by atoms with Gasteiger partial charge < -0.3 is 10.1 Å². The number of anilines is 1. The predicted molar refractivity (Wildman–Crippen MR) is 107 cm³/mol. The fraction of sp³-hybridized carbons (Fsp3) is 0.409. The van der Waals surface area contributed by atoms with Crippen molar-refractivity contribution in [1.29, 1.82) is 0 Å². The molecule has 0 radical (unpaired) electrons. The molecule has 2 aromatic rings. The Balaban J connectivity index is 1.89. The highest BCUT2D eigenvalue weighted by atomic mass is 35.5. The van der Waals surface area contributed by atoms with Gasteiger partial charge in [-0.2, -0.15) is 0 Å². The van der Waals surface area contributed by atoms with E-state index in [4.69, 9.17) is 16.3 Å². The standard InChI is InChI=1S/C22H26ClNO2/c1-4-26-20-15(2)13-19(14-16(20)3)24-21(25)22(11-5-6-12-22)17-7-9-18(23)10-8-17/h7-10,13-14H,4-6,11-12H2,1-3H3,(H,24,25). The topological polar surface area (TPSA) is 38.3 Å². The predicted octanol–water partition coefficient (Wildman–Crippen LogP) is 5.81. The van der Waals surface area contributed by atoms with Crippen molar-refractivity contribution in [2.75, 3.05) is 11.9 Å². The molecule has 3 rings (SSSR count). The number of hydrogen-bond acceptors (Lipinski definition) is 2. The molecule has 0 spiro atoms. The van der Waals surface area contributed by atoms with Gasteiger partial charge in [-0.05, 0) is 74.6 Å². The maximum Gasteiger partial charge on any atom is 0.235 e. The monoisotopic (exact) mass is 371 g/mol. The number of carbonyl (C=O) groups excluding carboxylic acids is 1. The first-order chi connectivity index (χ1) is 12.5. The maximum absolute atomic E-state index is 13.3. The van der Waals surface area contributed by atoms with E-state index in [9.17, 15) is 4.79 Å². The zero-order chi connectivity index (χ0) is 18.7. The lowest BCUT2D eigenvalue weighted by molar-refractivity contribution is -0.121. The van der Waals surface area contributed by atoms with Gasteiger partial charge in [0, 0.05) is 10.7 Å². The van der Waals surface area contributed by atoms with Crippen molar-refractivity contribution in [1.82, 2.24) is 0 Å². The Kier molecular flexibility index (Phi) is 5.57. The van der Waals surface area contributed by atoms with Gasteiger partial charge in [-0.1, -0.05) is 36.6 Å². The minimum atomic E-state index is -0.467. The Morgan fingerprint density at radius 1 is 1.12 bits per heavy atom. The van der Waals surface area contributed by atoms with E-state index < -0.39 is 5.41 Å². The highest BCUT2D eigenvalue weighted by molar-refractivity contribution is 6.30. The Labute approximate surface area is 160 Å². The van der Waals surface area contributed by atoms with Crippen LogP contribution in [0.1, 0.15) is 49.3 Å². The largest absolute Gasteiger partial charge is 0.493 e. The summed E-state index contributed by atoms with van der Waals surface area (Å²) in [5.41, 5.74) is 3.48. The number of hydrogen-bond donors (Lipinski definition) is 1. The molecule has 0 aromatic heterocycles. The molecule has 0 aliphatic heterocycles. The SMILES string of the molecule is CCOc1c(C)cc(NC(=O)C2(c3ccc(Cl)cc3)CCCC2)cc1C. The maximum atomic E-state index is 13.3. The van der Waals surface area contributed by atoms with E-state index in [2.05, 4.69) is 5.32 Å². The number of carbonyl (C=O) groups is 1. The molecule has 1 aliphatic carbocycles. The summed E-state index contributed by atoms with van der Waals surface area (Å²) in [5, 5.41) is 3.86. The van der Waals surface area contributed by atoms with Gasteiger partial charge in [0.05, 0.1) is 12.0 Å². The van der Waals surface area contributed by atoms with Crippen molar-refractivity contribution >= 4 is 23.2 Å². The van der Waals surface area contributed by atoms with Crippen molar-refractivity contribution < 1.29 is 9.53 Å². The van der Waals surface area contributed by atoms with Crippen LogP contribution < -0.4 is 10.1 Å². The summed E-state index contributed by atoms with van der Waals surface area (Å²) in [6.07, 6.45) is 3.87. The summed E-state index contributed by atoms with van der Waals surface area (Å²) in [6, 6.07) is 11.7. The Bertz CT molecular complexity index is 769. The summed E-state index contributed by atoms with van der Waals surface area (Å²) in [4.78, 5) is 13.3. The smallest absolute Gasteiger partial charge is 0.235 e. The van der Waals surface area contributed by atoms with E-state index in [1.165, 1.54) is 0 Å². The highest BCUT2D eigenvalue weighted by Gasteiger charge is 2.42. The van der Waals surface area contributed by atoms with Crippen LogP contribution in [0.25, 0.3) is 0 Å². The zero-order valence-corrected chi connectivity index (χ0v) is 16.5. The zero-order valence-electron chi connectivity index (χ0n) is 15.7. The van der Waals surface area contributed by atoms with Crippen LogP contribution in [0.4, 0.5) is 5.69 Å². The van der Waals surface area contributed by atoms with E-state index in [0.717, 1.165) is 53.8 Å². The summed E-state index contributed by atoms with van der Waals surface area (Å²) in [6.45, 7) is 6.63. The average Bonchev–Trinajstić information content (AvgIpc) is 3.10. The van der Waals surface area contributed by atoms with Crippen LogP contribution in [0, 0.1) is 13.8 Å². The minimum absolute atomic E-state index is 0.0697. The molecular weight excluding hydrogens is 346 g/mol. The van der Waals surface area contributed by atoms with Crippen LogP contribution >= 0.6 is 11.6 Å². The first-order valence-electron chi connectivity index (χ1n) is 9.28. The van der Waals surface area contributed by atoms with Crippen LogP contribution in [0.5, 0.6) is 5.75 Å². The second kappa shape index (κ2) is 7.71. The van der Waals surface area contributed by atoms with Crippen molar-refractivity contribution in [2.24, 2.45) is 0 Å². The van der Waals surface area contributed by atoms with Gasteiger partial charge in [0.1, 0.15) is 5.75 Å². The molecule has 1 fully saturated rings. The Hall–Kier alpha value is -2.00. The second-order valence-electron chi connectivity index (χ2n) is 7.12. The van der Waals surface area contributed by atoms with Gasteiger partial charge in [-0.15, -0.1) is 0 Å². The Morgan fingerprint density at radius 2 is 1.69 bits per heavy atom. The molecule has 3 nitrogen and oxygen atoms in total. The summed E-state index contributed by atoms with van der Waals surface area (Å²) >= 11 is 6.04. The van der Waals surface area contributed by atoms with E-state index in [1.54, 1.807) is 0 Å².